The van der Waals surface area contributed by atoms with Gasteiger partial charge in [0.1, 0.15) is 0 Å². The van der Waals surface area contributed by atoms with E-state index in [1.165, 1.54) is 6.08 Å². The Bertz CT molecular complexity index is 578. The number of nitrogens with zero attached hydrogens (tertiary/aromatic N) is 1. The molecular weight excluding hydrogens is 292 g/mol. The summed E-state index contributed by atoms with van der Waals surface area (Å²) in [6.07, 6.45) is 3.99. The molecule has 1 fully saturated rings. The zero-order valence-electron chi connectivity index (χ0n) is 11.5. The molecule has 0 saturated carbocycles. The lowest BCUT2D eigenvalue weighted by atomic mass is 9.95. The van der Waals surface area contributed by atoms with Crippen molar-refractivity contribution in [3.8, 4) is 0 Å². The fraction of sp³-hybridized carbons (Fsp3) is 0.333. The topological polar surface area (TPSA) is 83.6 Å². The van der Waals surface area contributed by atoms with Crippen molar-refractivity contribution >= 4 is 35.2 Å². The van der Waals surface area contributed by atoms with Gasteiger partial charge in [0.2, 0.25) is 5.91 Å². The Labute approximate surface area is 128 Å². The molecule has 1 aliphatic heterocycles. The van der Waals surface area contributed by atoms with E-state index in [2.05, 4.69) is 4.90 Å². The SMILES string of the molecule is NC(=O)C1CCN(c2c(Cl)cccc2/C=C/C(=O)O)CC1. The van der Waals surface area contributed by atoms with Crippen LogP contribution in [0.15, 0.2) is 24.3 Å². The van der Waals surface area contributed by atoms with Crippen molar-refractivity contribution in [2.75, 3.05) is 18.0 Å². The van der Waals surface area contributed by atoms with Gasteiger partial charge >= 0.3 is 5.97 Å². The largest absolute Gasteiger partial charge is 0.478 e. The lowest BCUT2D eigenvalue weighted by molar-refractivity contribution is -0.131. The number of nitrogens with two attached hydrogens (primary N) is 1. The molecule has 21 heavy (non-hydrogen) atoms. The quantitative estimate of drug-likeness (QED) is 0.835. The lowest BCUT2D eigenvalue weighted by Crippen LogP contribution is -2.38. The standard InChI is InChI=1S/C15H17ClN2O3/c16-12-3-1-2-10(4-5-13(19)20)14(12)18-8-6-11(7-9-18)15(17)21/h1-5,11H,6-9H2,(H2,17,21)(H,19,20)/b5-4+. The van der Waals surface area contributed by atoms with Crippen LogP contribution in [0.2, 0.25) is 5.02 Å². The molecule has 6 heteroatoms. The summed E-state index contributed by atoms with van der Waals surface area (Å²) < 4.78 is 0. The molecule has 1 amide bonds. The van der Waals surface area contributed by atoms with Gasteiger partial charge in [-0.1, -0.05) is 23.7 Å². The van der Waals surface area contributed by atoms with Crippen LogP contribution < -0.4 is 10.6 Å². The molecule has 1 heterocycles. The molecule has 0 radical (unpaired) electrons. The first-order valence-corrected chi connectivity index (χ1v) is 7.10. The number of amides is 1. The number of benzene rings is 1. The molecule has 0 aliphatic carbocycles. The van der Waals surface area contributed by atoms with Crippen molar-refractivity contribution in [3.63, 3.8) is 0 Å². The highest BCUT2D eigenvalue weighted by Gasteiger charge is 2.25. The van der Waals surface area contributed by atoms with Crippen LogP contribution in [0.1, 0.15) is 18.4 Å². The summed E-state index contributed by atoms with van der Waals surface area (Å²) in [5.41, 5.74) is 6.89. The zero-order chi connectivity index (χ0) is 15.4. The fourth-order valence-electron chi connectivity index (χ4n) is 2.55. The van der Waals surface area contributed by atoms with Gasteiger partial charge in [0, 0.05) is 25.1 Å². The predicted molar refractivity (Wildman–Crippen MR) is 82.3 cm³/mol. The second-order valence-electron chi connectivity index (χ2n) is 5.01. The van der Waals surface area contributed by atoms with Crippen LogP contribution in [-0.4, -0.2) is 30.1 Å². The normalized spacial score (nSPS) is 16.3. The van der Waals surface area contributed by atoms with E-state index in [1.54, 1.807) is 12.1 Å². The first-order valence-electron chi connectivity index (χ1n) is 6.73. The summed E-state index contributed by atoms with van der Waals surface area (Å²) in [7, 11) is 0. The van der Waals surface area contributed by atoms with Gasteiger partial charge in [-0.25, -0.2) is 4.79 Å². The Balaban J connectivity index is 2.23. The van der Waals surface area contributed by atoms with E-state index in [-0.39, 0.29) is 11.8 Å². The number of carbonyl (C=O) groups excluding carboxylic acids is 1. The molecule has 0 unspecified atom stereocenters. The Morgan fingerprint density at radius 2 is 2.00 bits per heavy atom. The van der Waals surface area contributed by atoms with E-state index in [9.17, 15) is 9.59 Å². The number of carbonyl (C=O) groups is 2. The van der Waals surface area contributed by atoms with Gasteiger partial charge in [-0.3, -0.25) is 4.79 Å². The Morgan fingerprint density at radius 1 is 1.33 bits per heavy atom. The summed E-state index contributed by atoms with van der Waals surface area (Å²) in [5, 5.41) is 9.33. The second-order valence-corrected chi connectivity index (χ2v) is 5.42. The summed E-state index contributed by atoms with van der Waals surface area (Å²) in [6.45, 7) is 1.34. The van der Waals surface area contributed by atoms with E-state index in [0.717, 1.165) is 17.3 Å². The van der Waals surface area contributed by atoms with Crippen LogP contribution in [-0.2, 0) is 9.59 Å². The monoisotopic (exact) mass is 308 g/mol. The maximum Gasteiger partial charge on any atom is 0.328 e. The number of piperidine rings is 1. The average Bonchev–Trinajstić information content (AvgIpc) is 2.45. The third kappa shape index (κ3) is 3.76. The summed E-state index contributed by atoms with van der Waals surface area (Å²) in [4.78, 5) is 24.0. The van der Waals surface area contributed by atoms with Crippen molar-refractivity contribution in [2.24, 2.45) is 11.7 Å². The first kappa shape index (κ1) is 15.4. The number of primary amides is 1. The van der Waals surface area contributed by atoms with Gasteiger partial charge in [0.15, 0.2) is 0 Å². The molecule has 5 nitrogen and oxygen atoms in total. The molecule has 1 aromatic carbocycles. The van der Waals surface area contributed by atoms with Crippen LogP contribution in [0.5, 0.6) is 0 Å². The van der Waals surface area contributed by atoms with Crippen LogP contribution in [0.4, 0.5) is 5.69 Å². The highest BCUT2D eigenvalue weighted by atomic mass is 35.5. The molecule has 2 rings (SSSR count). The molecule has 0 spiro atoms. The lowest BCUT2D eigenvalue weighted by Gasteiger charge is -2.33. The Kier molecular flexibility index (Phi) is 4.85. The number of anilines is 1. The highest BCUT2D eigenvalue weighted by molar-refractivity contribution is 6.33. The summed E-state index contributed by atoms with van der Waals surface area (Å²) in [6, 6.07) is 5.37. The van der Waals surface area contributed by atoms with Crippen molar-refractivity contribution in [2.45, 2.75) is 12.8 Å². The highest BCUT2D eigenvalue weighted by Crippen LogP contribution is 2.33. The third-order valence-corrected chi connectivity index (χ3v) is 3.94. The van der Waals surface area contributed by atoms with Crippen molar-refractivity contribution < 1.29 is 14.7 Å². The van der Waals surface area contributed by atoms with Gasteiger partial charge in [0.25, 0.3) is 0 Å². The van der Waals surface area contributed by atoms with Gasteiger partial charge in [-0.2, -0.15) is 0 Å². The number of rotatable bonds is 4. The van der Waals surface area contributed by atoms with E-state index in [1.807, 2.05) is 6.07 Å². The Morgan fingerprint density at radius 3 is 2.57 bits per heavy atom. The van der Waals surface area contributed by atoms with E-state index >= 15 is 0 Å². The zero-order valence-corrected chi connectivity index (χ0v) is 12.2. The molecular formula is C15H17ClN2O3. The van der Waals surface area contributed by atoms with Gasteiger partial charge in [-0.05, 0) is 30.5 Å². The van der Waals surface area contributed by atoms with Crippen LogP contribution in [0.3, 0.4) is 0 Å². The molecule has 0 aromatic heterocycles. The van der Waals surface area contributed by atoms with Gasteiger partial charge in [-0.15, -0.1) is 0 Å². The van der Waals surface area contributed by atoms with Crippen LogP contribution in [0.25, 0.3) is 6.08 Å². The van der Waals surface area contributed by atoms with E-state index in [4.69, 9.17) is 22.4 Å². The van der Waals surface area contributed by atoms with Crippen LogP contribution in [0, 0.1) is 5.92 Å². The van der Waals surface area contributed by atoms with E-state index in [0.29, 0.717) is 31.0 Å². The summed E-state index contributed by atoms with van der Waals surface area (Å²) in [5.74, 6) is -1.37. The van der Waals surface area contributed by atoms with Crippen LogP contribution >= 0.6 is 11.6 Å². The average molecular weight is 309 g/mol. The molecule has 0 atom stereocenters. The number of hydrogen-bond donors (Lipinski definition) is 2. The fourth-order valence-corrected chi connectivity index (χ4v) is 2.85. The first-order chi connectivity index (χ1) is 9.99. The molecule has 112 valence electrons. The number of para-hydroxylation sites is 1. The maximum atomic E-state index is 11.2. The number of carboxylic acids is 1. The number of halogens is 1. The number of aliphatic carboxylic acids is 1. The minimum absolute atomic E-state index is 0.0956. The molecule has 1 saturated heterocycles. The smallest absolute Gasteiger partial charge is 0.328 e. The second kappa shape index (κ2) is 6.63. The van der Waals surface area contributed by atoms with E-state index < -0.39 is 5.97 Å². The van der Waals surface area contributed by atoms with Crippen molar-refractivity contribution in [1.82, 2.24) is 0 Å². The van der Waals surface area contributed by atoms with Crippen molar-refractivity contribution in [1.29, 1.82) is 0 Å². The molecule has 1 aromatic rings. The Hall–Kier alpha value is -2.01. The molecule has 3 N–H and O–H groups in total. The minimum Gasteiger partial charge on any atom is -0.478 e. The molecule has 1 aliphatic rings. The number of hydrogen-bond acceptors (Lipinski definition) is 3. The third-order valence-electron chi connectivity index (χ3n) is 3.64. The van der Waals surface area contributed by atoms with Gasteiger partial charge in [0.05, 0.1) is 10.7 Å². The maximum absolute atomic E-state index is 11.2. The minimum atomic E-state index is -1.01. The number of carboxylic acid groups (broad SMARTS) is 1. The predicted octanol–water partition coefficient (Wildman–Crippen LogP) is 2.14. The molecule has 0 bridgehead atoms. The van der Waals surface area contributed by atoms with Crippen molar-refractivity contribution in [3.05, 3.63) is 34.9 Å². The summed E-state index contributed by atoms with van der Waals surface area (Å²) >= 11 is 6.26. The van der Waals surface area contributed by atoms with Gasteiger partial charge < -0.3 is 15.7 Å².